The van der Waals surface area contributed by atoms with Gasteiger partial charge in [0.2, 0.25) is 0 Å². The largest absolute Gasteiger partial charge is 0.358 e. The molecule has 0 aliphatic heterocycles. The maximum absolute atomic E-state index is 13.0. The Morgan fingerprint density at radius 3 is 2.64 bits per heavy atom. The van der Waals surface area contributed by atoms with E-state index in [4.69, 9.17) is 0 Å². The minimum absolute atomic E-state index is 0.186. The Kier molecular flexibility index (Phi) is 2.06. The van der Waals surface area contributed by atoms with Crippen LogP contribution in [-0.4, -0.2) is 4.98 Å². The van der Waals surface area contributed by atoms with Gasteiger partial charge < -0.3 is 4.98 Å². The SMILES string of the molecule is Cc1[nH]c2cc(F)ccc2c1C(C)C. The molecule has 1 N–H and O–H groups in total. The molecule has 0 amide bonds. The fourth-order valence-corrected chi connectivity index (χ4v) is 2.07. The van der Waals surface area contributed by atoms with Crippen LogP contribution >= 0.6 is 0 Å². The lowest BCUT2D eigenvalue weighted by molar-refractivity contribution is 0.629. The lowest BCUT2D eigenvalue weighted by Gasteiger charge is -2.04. The van der Waals surface area contributed by atoms with E-state index < -0.39 is 0 Å². The number of aromatic amines is 1. The fraction of sp³-hybridized carbons (Fsp3) is 0.333. The van der Waals surface area contributed by atoms with Crippen LogP contribution in [0.4, 0.5) is 4.39 Å². The Hall–Kier alpha value is -1.31. The monoisotopic (exact) mass is 191 g/mol. The van der Waals surface area contributed by atoms with Crippen LogP contribution in [-0.2, 0) is 0 Å². The minimum atomic E-state index is -0.186. The third kappa shape index (κ3) is 1.31. The number of halogens is 1. The van der Waals surface area contributed by atoms with Crippen molar-refractivity contribution in [2.24, 2.45) is 0 Å². The number of benzene rings is 1. The van der Waals surface area contributed by atoms with Crippen molar-refractivity contribution < 1.29 is 4.39 Å². The fourth-order valence-electron chi connectivity index (χ4n) is 2.07. The second kappa shape index (κ2) is 3.12. The van der Waals surface area contributed by atoms with Crippen LogP contribution in [0.3, 0.4) is 0 Å². The molecule has 1 aromatic carbocycles. The van der Waals surface area contributed by atoms with Crippen LogP contribution in [0.5, 0.6) is 0 Å². The molecule has 0 bridgehead atoms. The highest BCUT2D eigenvalue weighted by molar-refractivity contribution is 5.85. The van der Waals surface area contributed by atoms with Gasteiger partial charge >= 0.3 is 0 Å². The minimum Gasteiger partial charge on any atom is -0.358 e. The molecule has 2 aromatic rings. The topological polar surface area (TPSA) is 15.8 Å². The van der Waals surface area contributed by atoms with E-state index >= 15 is 0 Å². The normalized spacial score (nSPS) is 11.5. The van der Waals surface area contributed by atoms with Gasteiger partial charge in [0.15, 0.2) is 0 Å². The van der Waals surface area contributed by atoms with Gasteiger partial charge in [-0.15, -0.1) is 0 Å². The maximum Gasteiger partial charge on any atom is 0.125 e. The van der Waals surface area contributed by atoms with Gasteiger partial charge in [-0.1, -0.05) is 13.8 Å². The molecule has 0 fully saturated rings. The molecule has 14 heavy (non-hydrogen) atoms. The number of hydrogen-bond acceptors (Lipinski definition) is 0. The Morgan fingerprint density at radius 2 is 2.00 bits per heavy atom. The zero-order valence-corrected chi connectivity index (χ0v) is 8.69. The number of aryl methyl sites for hydroxylation is 1. The number of H-pyrrole nitrogens is 1. The third-order valence-corrected chi connectivity index (χ3v) is 2.58. The van der Waals surface area contributed by atoms with E-state index in [1.54, 1.807) is 6.07 Å². The summed E-state index contributed by atoms with van der Waals surface area (Å²) in [6.45, 7) is 6.34. The number of aromatic nitrogens is 1. The molecule has 0 radical (unpaired) electrons. The highest BCUT2D eigenvalue weighted by Crippen LogP contribution is 2.28. The van der Waals surface area contributed by atoms with Crippen LogP contribution in [0.2, 0.25) is 0 Å². The highest BCUT2D eigenvalue weighted by atomic mass is 19.1. The van der Waals surface area contributed by atoms with Gasteiger partial charge in [-0.25, -0.2) is 4.39 Å². The highest BCUT2D eigenvalue weighted by Gasteiger charge is 2.11. The summed E-state index contributed by atoms with van der Waals surface area (Å²) in [6.07, 6.45) is 0. The summed E-state index contributed by atoms with van der Waals surface area (Å²) in [5.74, 6) is 0.281. The molecule has 0 saturated carbocycles. The van der Waals surface area contributed by atoms with Gasteiger partial charge in [0.25, 0.3) is 0 Å². The summed E-state index contributed by atoms with van der Waals surface area (Å²) >= 11 is 0. The van der Waals surface area contributed by atoms with E-state index in [1.807, 2.05) is 13.0 Å². The predicted molar refractivity (Wildman–Crippen MR) is 57.1 cm³/mol. The second-order valence-electron chi connectivity index (χ2n) is 4.01. The van der Waals surface area contributed by atoms with Crippen LogP contribution in [0.15, 0.2) is 18.2 Å². The Bertz CT molecular complexity index is 468. The van der Waals surface area contributed by atoms with Gasteiger partial charge in [-0.2, -0.15) is 0 Å². The summed E-state index contributed by atoms with van der Waals surface area (Å²) < 4.78 is 13.0. The first-order valence-corrected chi connectivity index (χ1v) is 4.87. The van der Waals surface area contributed by atoms with Gasteiger partial charge in [-0.3, -0.25) is 0 Å². The molecule has 0 unspecified atom stereocenters. The summed E-state index contributed by atoms with van der Waals surface area (Å²) in [5, 5.41) is 1.14. The van der Waals surface area contributed by atoms with E-state index in [-0.39, 0.29) is 5.82 Å². The first-order chi connectivity index (χ1) is 6.59. The number of nitrogens with one attached hydrogen (secondary N) is 1. The van der Waals surface area contributed by atoms with Gasteiger partial charge in [0.05, 0.1) is 0 Å². The van der Waals surface area contributed by atoms with Crippen molar-refractivity contribution in [1.82, 2.24) is 4.98 Å². The second-order valence-corrected chi connectivity index (χ2v) is 4.01. The molecular weight excluding hydrogens is 177 g/mol. The first kappa shape index (κ1) is 9.25. The Labute approximate surface area is 82.9 Å². The van der Waals surface area contributed by atoms with Crippen molar-refractivity contribution in [2.45, 2.75) is 26.7 Å². The predicted octanol–water partition coefficient (Wildman–Crippen LogP) is 3.74. The smallest absolute Gasteiger partial charge is 0.125 e. The third-order valence-electron chi connectivity index (χ3n) is 2.58. The quantitative estimate of drug-likeness (QED) is 0.706. The van der Waals surface area contributed by atoms with Crippen molar-refractivity contribution in [2.75, 3.05) is 0 Å². The molecule has 0 saturated heterocycles. The molecule has 0 aliphatic carbocycles. The molecule has 0 spiro atoms. The molecule has 1 heterocycles. The Morgan fingerprint density at radius 1 is 1.29 bits per heavy atom. The van der Waals surface area contributed by atoms with Crippen LogP contribution in [0.25, 0.3) is 10.9 Å². The molecule has 2 heteroatoms. The summed E-state index contributed by atoms with van der Waals surface area (Å²) in [4.78, 5) is 3.21. The molecule has 1 nitrogen and oxygen atoms in total. The number of rotatable bonds is 1. The van der Waals surface area contributed by atoms with E-state index in [2.05, 4.69) is 18.8 Å². The van der Waals surface area contributed by atoms with Crippen molar-refractivity contribution in [3.8, 4) is 0 Å². The molecule has 1 aromatic heterocycles. The number of fused-ring (bicyclic) bond motifs is 1. The summed E-state index contributed by atoms with van der Waals surface area (Å²) in [5.41, 5.74) is 3.33. The van der Waals surface area contributed by atoms with Crippen LogP contribution in [0.1, 0.15) is 31.0 Å². The van der Waals surface area contributed by atoms with Gasteiger partial charge in [0, 0.05) is 16.6 Å². The lowest BCUT2D eigenvalue weighted by atomic mass is 10.00. The van der Waals surface area contributed by atoms with Gasteiger partial charge in [0.1, 0.15) is 5.82 Å². The van der Waals surface area contributed by atoms with E-state index in [1.165, 1.54) is 11.6 Å². The van der Waals surface area contributed by atoms with Crippen molar-refractivity contribution >= 4 is 10.9 Å². The first-order valence-electron chi connectivity index (χ1n) is 4.87. The standard InChI is InChI=1S/C12H14FN/c1-7(2)12-8(3)14-11-6-9(13)4-5-10(11)12/h4-7,14H,1-3H3. The van der Waals surface area contributed by atoms with Crippen LogP contribution in [0, 0.1) is 12.7 Å². The van der Waals surface area contributed by atoms with Crippen LogP contribution < -0.4 is 0 Å². The molecule has 74 valence electrons. The van der Waals surface area contributed by atoms with Gasteiger partial charge in [-0.05, 0) is 36.6 Å². The maximum atomic E-state index is 13.0. The van der Waals surface area contributed by atoms with Crippen molar-refractivity contribution in [1.29, 1.82) is 0 Å². The molecular formula is C12H14FN. The van der Waals surface area contributed by atoms with Crippen molar-refractivity contribution in [3.63, 3.8) is 0 Å². The average molecular weight is 191 g/mol. The average Bonchev–Trinajstić information content (AvgIpc) is 2.39. The number of hydrogen-bond donors (Lipinski definition) is 1. The zero-order valence-electron chi connectivity index (χ0n) is 8.69. The molecule has 0 aliphatic rings. The summed E-state index contributed by atoms with van der Waals surface area (Å²) in [6, 6.07) is 4.92. The molecule has 0 atom stereocenters. The lowest BCUT2D eigenvalue weighted by Crippen LogP contribution is -1.87. The van der Waals surface area contributed by atoms with E-state index in [0.29, 0.717) is 5.92 Å². The van der Waals surface area contributed by atoms with Crippen molar-refractivity contribution in [3.05, 3.63) is 35.3 Å². The summed E-state index contributed by atoms with van der Waals surface area (Å²) in [7, 11) is 0. The molecule has 2 rings (SSSR count). The van der Waals surface area contributed by atoms with E-state index in [9.17, 15) is 4.39 Å². The van der Waals surface area contributed by atoms with E-state index in [0.717, 1.165) is 16.6 Å². The Balaban J connectivity index is 2.77. The zero-order chi connectivity index (χ0) is 10.3.